The van der Waals surface area contributed by atoms with Gasteiger partial charge in [0.1, 0.15) is 23.5 Å². The molecule has 0 bridgehead atoms. The SMILES string of the molecule is c1ccc2c(C[NH+]3CCN(c4ncnc5sc6c(c45)CCC6)CC3)cccc2c1. The highest BCUT2D eigenvalue weighted by molar-refractivity contribution is 7.19. The van der Waals surface area contributed by atoms with E-state index in [4.69, 9.17) is 4.98 Å². The zero-order valence-electron chi connectivity index (χ0n) is 16.5. The molecular formula is C24H25N4S+. The van der Waals surface area contributed by atoms with Gasteiger partial charge < -0.3 is 9.80 Å². The molecule has 2 aromatic carbocycles. The van der Waals surface area contributed by atoms with Crippen molar-refractivity contribution in [3.63, 3.8) is 0 Å². The number of aryl methyl sites for hydroxylation is 2. The Bertz CT molecular complexity index is 1180. The van der Waals surface area contributed by atoms with E-state index in [1.54, 1.807) is 16.1 Å². The smallest absolute Gasteiger partial charge is 0.141 e. The number of hydrogen-bond acceptors (Lipinski definition) is 4. The van der Waals surface area contributed by atoms with Gasteiger partial charge in [0.15, 0.2) is 0 Å². The molecule has 3 heterocycles. The lowest BCUT2D eigenvalue weighted by Crippen LogP contribution is -3.13. The summed E-state index contributed by atoms with van der Waals surface area (Å²) in [6, 6.07) is 15.5. The minimum absolute atomic E-state index is 1.07. The molecule has 0 atom stereocenters. The fraction of sp³-hybridized carbons (Fsp3) is 0.333. The molecule has 146 valence electrons. The molecule has 5 heteroatoms. The summed E-state index contributed by atoms with van der Waals surface area (Å²) < 4.78 is 0. The number of nitrogens with one attached hydrogen (secondary N) is 1. The molecule has 0 radical (unpaired) electrons. The summed E-state index contributed by atoms with van der Waals surface area (Å²) in [4.78, 5) is 16.2. The number of anilines is 1. The second kappa shape index (κ2) is 7.08. The van der Waals surface area contributed by atoms with Gasteiger partial charge in [-0.1, -0.05) is 42.5 Å². The van der Waals surface area contributed by atoms with Crippen molar-refractivity contribution in [3.05, 3.63) is 64.8 Å². The molecule has 2 aliphatic rings. The summed E-state index contributed by atoms with van der Waals surface area (Å²) in [5, 5.41) is 4.09. The Morgan fingerprint density at radius 3 is 2.76 bits per heavy atom. The summed E-state index contributed by atoms with van der Waals surface area (Å²) in [7, 11) is 0. The van der Waals surface area contributed by atoms with Crippen LogP contribution in [0.1, 0.15) is 22.4 Å². The molecule has 0 amide bonds. The highest BCUT2D eigenvalue weighted by atomic mass is 32.1. The zero-order chi connectivity index (χ0) is 19.2. The molecule has 1 N–H and O–H groups in total. The van der Waals surface area contributed by atoms with Crippen LogP contribution in [0.2, 0.25) is 0 Å². The second-order valence-electron chi connectivity index (χ2n) is 8.29. The molecule has 0 saturated carbocycles. The van der Waals surface area contributed by atoms with E-state index < -0.39 is 0 Å². The number of quaternary nitrogens is 1. The lowest BCUT2D eigenvalue weighted by atomic mass is 10.0. The molecule has 0 unspecified atom stereocenters. The van der Waals surface area contributed by atoms with Crippen molar-refractivity contribution in [2.75, 3.05) is 31.1 Å². The summed E-state index contributed by atoms with van der Waals surface area (Å²) >= 11 is 1.88. The molecule has 1 aliphatic carbocycles. The summed E-state index contributed by atoms with van der Waals surface area (Å²) in [5.74, 6) is 1.18. The highest BCUT2D eigenvalue weighted by Gasteiger charge is 2.27. The van der Waals surface area contributed by atoms with Gasteiger partial charge in [0.05, 0.1) is 31.6 Å². The Labute approximate surface area is 174 Å². The van der Waals surface area contributed by atoms with Crippen LogP contribution < -0.4 is 9.80 Å². The number of rotatable bonds is 3. The van der Waals surface area contributed by atoms with Crippen LogP contribution in [0.25, 0.3) is 21.0 Å². The monoisotopic (exact) mass is 401 g/mol. The number of aromatic nitrogens is 2. The third-order valence-electron chi connectivity index (χ3n) is 6.57. The van der Waals surface area contributed by atoms with Crippen molar-refractivity contribution in [3.8, 4) is 0 Å². The van der Waals surface area contributed by atoms with Gasteiger partial charge in [0.25, 0.3) is 0 Å². The van der Waals surface area contributed by atoms with Gasteiger partial charge in [-0.15, -0.1) is 11.3 Å². The first-order valence-electron chi connectivity index (χ1n) is 10.7. The number of fused-ring (bicyclic) bond motifs is 4. The van der Waals surface area contributed by atoms with Crippen LogP contribution in [0.5, 0.6) is 0 Å². The predicted octanol–water partition coefficient (Wildman–Crippen LogP) is 3.24. The molecule has 29 heavy (non-hydrogen) atoms. The zero-order valence-corrected chi connectivity index (χ0v) is 17.3. The second-order valence-corrected chi connectivity index (χ2v) is 9.37. The number of hydrogen-bond donors (Lipinski definition) is 1. The van der Waals surface area contributed by atoms with Gasteiger partial charge in [0, 0.05) is 10.4 Å². The third-order valence-corrected chi connectivity index (χ3v) is 7.77. The van der Waals surface area contributed by atoms with E-state index in [0.29, 0.717) is 0 Å². The van der Waals surface area contributed by atoms with Crippen LogP contribution in [0.15, 0.2) is 48.8 Å². The Morgan fingerprint density at radius 1 is 0.966 bits per heavy atom. The molecule has 1 fully saturated rings. The number of piperazine rings is 1. The fourth-order valence-electron chi connectivity index (χ4n) is 5.08. The molecule has 2 aromatic heterocycles. The Balaban J connectivity index is 1.22. The average molecular weight is 402 g/mol. The van der Waals surface area contributed by atoms with E-state index in [2.05, 4.69) is 52.3 Å². The molecule has 1 aliphatic heterocycles. The first-order valence-corrected chi connectivity index (χ1v) is 11.5. The van der Waals surface area contributed by atoms with Crippen molar-refractivity contribution in [2.45, 2.75) is 25.8 Å². The van der Waals surface area contributed by atoms with E-state index in [9.17, 15) is 0 Å². The minimum atomic E-state index is 1.07. The lowest BCUT2D eigenvalue weighted by Gasteiger charge is -2.33. The average Bonchev–Trinajstić information content (AvgIpc) is 3.36. The molecule has 4 aromatic rings. The van der Waals surface area contributed by atoms with Gasteiger partial charge >= 0.3 is 0 Å². The van der Waals surface area contributed by atoms with Crippen molar-refractivity contribution < 1.29 is 4.90 Å². The van der Waals surface area contributed by atoms with E-state index in [1.807, 2.05) is 11.3 Å². The summed E-state index contributed by atoms with van der Waals surface area (Å²) in [6.45, 7) is 5.54. The van der Waals surface area contributed by atoms with Crippen molar-refractivity contribution >= 4 is 38.1 Å². The van der Waals surface area contributed by atoms with E-state index in [-0.39, 0.29) is 0 Å². The minimum Gasteiger partial charge on any atom is -0.345 e. The van der Waals surface area contributed by atoms with Crippen LogP contribution in [-0.2, 0) is 19.4 Å². The predicted molar refractivity (Wildman–Crippen MR) is 120 cm³/mol. The van der Waals surface area contributed by atoms with E-state index in [1.165, 1.54) is 57.2 Å². The first-order chi connectivity index (χ1) is 14.4. The van der Waals surface area contributed by atoms with Crippen molar-refractivity contribution in [1.82, 2.24) is 9.97 Å². The summed E-state index contributed by atoms with van der Waals surface area (Å²) in [5.41, 5.74) is 3.00. The molecule has 4 nitrogen and oxygen atoms in total. The molecule has 0 spiro atoms. The van der Waals surface area contributed by atoms with Gasteiger partial charge in [-0.25, -0.2) is 9.97 Å². The van der Waals surface area contributed by atoms with Crippen LogP contribution in [0.3, 0.4) is 0 Å². The van der Waals surface area contributed by atoms with E-state index >= 15 is 0 Å². The maximum absolute atomic E-state index is 4.74. The normalized spacial score (nSPS) is 17.3. The number of benzene rings is 2. The van der Waals surface area contributed by atoms with Crippen molar-refractivity contribution in [1.29, 1.82) is 0 Å². The standard InChI is InChI=1S/C24H24N4S/c1-2-8-19-17(5-1)6-3-7-18(19)15-27-11-13-28(14-12-27)23-22-20-9-4-10-21(20)29-24(22)26-16-25-23/h1-3,5-8,16H,4,9-15H2/p+1. The van der Waals surface area contributed by atoms with E-state index in [0.717, 1.165) is 32.7 Å². The van der Waals surface area contributed by atoms with Gasteiger partial charge in [-0.2, -0.15) is 0 Å². The Kier molecular flexibility index (Phi) is 4.24. The largest absolute Gasteiger partial charge is 0.345 e. The van der Waals surface area contributed by atoms with Crippen molar-refractivity contribution in [2.24, 2.45) is 0 Å². The molecule has 6 rings (SSSR count). The first kappa shape index (κ1) is 17.4. The maximum Gasteiger partial charge on any atom is 0.141 e. The lowest BCUT2D eigenvalue weighted by molar-refractivity contribution is -0.914. The van der Waals surface area contributed by atoms with Crippen LogP contribution in [-0.4, -0.2) is 36.1 Å². The third kappa shape index (κ3) is 3.00. The summed E-state index contributed by atoms with van der Waals surface area (Å²) in [6.07, 6.45) is 5.47. The number of thiophene rings is 1. The van der Waals surface area contributed by atoms with Crippen LogP contribution >= 0.6 is 11.3 Å². The molecule has 1 saturated heterocycles. The fourth-order valence-corrected chi connectivity index (χ4v) is 6.30. The number of nitrogens with zero attached hydrogens (tertiary/aromatic N) is 3. The maximum atomic E-state index is 4.74. The van der Waals surface area contributed by atoms with Crippen LogP contribution in [0.4, 0.5) is 5.82 Å². The Hall–Kier alpha value is -2.50. The van der Waals surface area contributed by atoms with Gasteiger partial charge in [-0.3, -0.25) is 0 Å². The van der Waals surface area contributed by atoms with Gasteiger partial charge in [-0.05, 0) is 35.6 Å². The topological polar surface area (TPSA) is 33.5 Å². The highest BCUT2D eigenvalue weighted by Crippen LogP contribution is 2.40. The Morgan fingerprint density at radius 2 is 1.83 bits per heavy atom. The quantitative estimate of drug-likeness (QED) is 0.572. The van der Waals surface area contributed by atoms with Crippen LogP contribution in [0, 0.1) is 0 Å². The van der Waals surface area contributed by atoms with Gasteiger partial charge in [0.2, 0.25) is 0 Å². The molecular weight excluding hydrogens is 376 g/mol.